The summed E-state index contributed by atoms with van der Waals surface area (Å²) in [6.07, 6.45) is 4.24. The SMILES string of the molecule is Cc1cc(-c2cnc3[nH]c(=O)n(Cc4cncc(F)c4)c3c2)ccc1F. The molecule has 4 aromatic rings. The van der Waals surface area contributed by atoms with Crippen LogP contribution in [0.15, 0.2) is 53.7 Å². The van der Waals surface area contributed by atoms with E-state index in [1.165, 1.54) is 22.9 Å². The fourth-order valence-corrected chi connectivity index (χ4v) is 2.90. The first-order valence-corrected chi connectivity index (χ1v) is 7.96. The van der Waals surface area contributed by atoms with Gasteiger partial charge in [0, 0.05) is 18.0 Å². The quantitative estimate of drug-likeness (QED) is 0.614. The molecule has 0 atom stereocenters. The number of rotatable bonds is 3. The van der Waals surface area contributed by atoms with Crippen LogP contribution in [0.1, 0.15) is 11.1 Å². The van der Waals surface area contributed by atoms with E-state index in [2.05, 4.69) is 15.0 Å². The van der Waals surface area contributed by atoms with Gasteiger partial charge in [-0.3, -0.25) is 14.5 Å². The summed E-state index contributed by atoms with van der Waals surface area (Å²) in [4.78, 5) is 23.1. The summed E-state index contributed by atoms with van der Waals surface area (Å²) >= 11 is 0. The van der Waals surface area contributed by atoms with Gasteiger partial charge in [0.15, 0.2) is 5.65 Å². The molecule has 1 aromatic carbocycles. The van der Waals surface area contributed by atoms with Gasteiger partial charge in [0.2, 0.25) is 0 Å². The van der Waals surface area contributed by atoms with E-state index in [0.717, 1.165) is 17.3 Å². The molecule has 0 saturated heterocycles. The van der Waals surface area contributed by atoms with Gasteiger partial charge in [-0.1, -0.05) is 6.07 Å². The van der Waals surface area contributed by atoms with Crippen LogP contribution in [0.3, 0.4) is 0 Å². The summed E-state index contributed by atoms with van der Waals surface area (Å²) in [5, 5.41) is 0. The van der Waals surface area contributed by atoms with E-state index in [-0.39, 0.29) is 18.1 Å². The zero-order valence-corrected chi connectivity index (χ0v) is 13.8. The number of hydrogen-bond acceptors (Lipinski definition) is 3. The van der Waals surface area contributed by atoms with Crippen molar-refractivity contribution in [3.8, 4) is 11.1 Å². The van der Waals surface area contributed by atoms with E-state index < -0.39 is 5.82 Å². The summed E-state index contributed by atoms with van der Waals surface area (Å²) in [5.41, 5.74) is 3.32. The van der Waals surface area contributed by atoms with Crippen molar-refractivity contribution >= 4 is 11.2 Å². The molecule has 0 spiro atoms. The van der Waals surface area contributed by atoms with Crippen LogP contribution in [0.4, 0.5) is 8.78 Å². The van der Waals surface area contributed by atoms with Crippen molar-refractivity contribution in [1.29, 1.82) is 0 Å². The van der Waals surface area contributed by atoms with Crippen LogP contribution in [-0.4, -0.2) is 19.5 Å². The number of benzene rings is 1. The highest BCUT2D eigenvalue weighted by atomic mass is 19.1. The van der Waals surface area contributed by atoms with Gasteiger partial charge in [-0.25, -0.2) is 18.6 Å². The van der Waals surface area contributed by atoms with Gasteiger partial charge in [0.05, 0.1) is 18.3 Å². The fourth-order valence-electron chi connectivity index (χ4n) is 2.90. The Hall–Kier alpha value is -3.35. The van der Waals surface area contributed by atoms with Crippen molar-refractivity contribution in [3.63, 3.8) is 0 Å². The Morgan fingerprint density at radius 2 is 1.92 bits per heavy atom. The lowest BCUT2D eigenvalue weighted by Crippen LogP contribution is -2.17. The molecule has 5 nitrogen and oxygen atoms in total. The summed E-state index contributed by atoms with van der Waals surface area (Å²) in [7, 11) is 0. The topological polar surface area (TPSA) is 63.6 Å². The third-order valence-corrected chi connectivity index (χ3v) is 4.22. The normalized spacial score (nSPS) is 11.2. The number of aryl methyl sites for hydroxylation is 1. The van der Waals surface area contributed by atoms with Crippen LogP contribution in [-0.2, 0) is 6.54 Å². The second-order valence-electron chi connectivity index (χ2n) is 6.08. The second kappa shape index (κ2) is 6.18. The smallest absolute Gasteiger partial charge is 0.290 e. The van der Waals surface area contributed by atoms with E-state index >= 15 is 0 Å². The Morgan fingerprint density at radius 1 is 1.08 bits per heavy atom. The van der Waals surface area contributed by atoms with Crippen LogP contribution in [0, 0.1) is 18.6 Å². The van der Waals surface area contributed by atoms with Crippen molar-refractivity contribution in [2.24, 2.45) is 0 Å². The Morgan fingerprint density at radius 3 is 2.69 bits per heavy atom. The molecule has 7 heteroatoms. The summed E-state index contributed by atoms with van der Waals surface area (Å²) in [6.45, 7) is 1.85. The largest absolute Gasteiger partial charge is 0.327 e. The van der Waals surface area contributed by atoms with Gasteiger partial charge in [-0.2, -0.15) is 0 Å². The number of pyridine rings is 2. The lowest BCUT2D eigenvalue weighted by molar-refractivity contribution is 0.616. The molecule has 0 fully saturated rings. The minimum absolute atomic E-state index is 0.164. The first-order chi connectivity index (χ1) is 12.5. The Kier molecular flexibility index (Phi) is 3.84. The van der Waals surface area contributed by atoms with Crippen LogP contribution < -0.4 is 5.69 Å². The number of nitrogens with one attached hydrogen (secondary N) is 1. The van der Waals surface area contributed by atoms with Crippen LogP contribution in [0.5, 0.6) is 0 Å². The zero-order chi connectivity index (χ0) is 18.3. The van der Waals surface area contributed by atoms with Crippen LogP contribution in [0.2, 0.25) is 0 Å². The number of imidazole rings is 1. The fraction of sp³-hybridized carbons (Fsp3) is 0.105. The average Bonchev–Trinajstić information content (AvgIpc) is 2.92. The number of hydrogen-bond donors (Lipinski definition) is 1. The summed E-state index contributed by atoms with van der Waals surface area (Å²) in [6, 6.07) is 7.93. The van der Waals surface area contributed by atoms with E-state index in [0.29, 0.717) is 22.3 Å². The van der Waals surface area contributed by atoms with Crippen molar-refractivity contribution in [1.82, 2.24) is 19.5 Å². The molecule has 0 bridgehead atoms. The van der Waals surface area contributed by atoms with Gasteiger partial charge in [0.1, 0.15) is 11.6 Å². The molecule has 4 rings (SSSR count). The highest BCUT2D eigenvalue weighted by Gasteiger charge is 2.11. The molecular weight excluding hydrogens is 338 g/mol. The third-order valence-electron chi connectivity index (χ3n) is 4.22. The molecular formula is C19H14F2N4O. The van der Waals surface area contributed by atoms with E-state index in [1.54, 1.807) is 31.3 Å². The maximum absolute atomic E-state index is 13.5. The molecule has 26 heavy (non-hydrogen) atoms. The highest BCUT2D eigenvalue weighted by Crippen LogP contribution is 2.24. The standard InChI is InChI=1S/C19H14F2N4O/c1-11-4-13(2-3-16(11)21)14-6-17-18(23-8-14)24-19(26)25(17)10-12-5-15(20)9-22-7-12/h2-9H,10H2,1H3,(H,23,24,26). The predicted molar refractivity (Wildman–Crippen MR) is 93.8 cm³/mol. The number of halogens is 2. The molecule has 0 radical (unpaired) electrons. The molecule has 0 saturated carbocycles. The highest BCUT2D eigenvalue weighted by molar-refractivity contribution is 5.78. The number of aromatic amines is 1. The molecule has 0 aliphatic heterocycles. The molecule has 3 heterocycles. The summed E-state index contributed by atoms with van der Waals surface area (Å²) in [5.74, 6) is -0.740. The third kappa shape index (κ3) is 2.88. The monoisotopic (exact) mass is 352 g/mol. The van der Waals surface area contributed by atoms with Crippen molar-refractivity contribution in [2.45, 2.75) is 13.5 Å². The first kappa shape index (κ1) is 16.1. The van der Waals surface area contributed by atoms with Gasteiger partial charge in [-0.15, -0.1) is 0 Å². The Balaban J connectivity index is 1.82. The lowest BCUT2D eigenvalue weighted by Gasteiger charge is -2.06. The molecule has 0 unspecified atom stereocenters. The number of fused-ring (bicyclic) bond motifs is 1. The van der Waals surface area contributed by atoms with Crippen LogP contribution in [0.25, 0.3) is 22.3 Å². The van der Waals surface area contributed by atoms with E-state index in [4.69, 9.17) is 0 Å². The van der Waals surface area contributed by atoms with Gasteiger partial charge < -0.3 is 0 Å². The molecule has 1 N–H and O–H groups in total. The number of aromatic nitrogens is 4. The molecule has 0 amide bonds. The minimum Gasteiger partial charge on any atom is -0.290 e. The first-order valence-electron chi connectivity index (χ1n) is 7.96. The summed E-state index contributed by atoms with van der Waals surface area (Å²) < 4.78 is 28.3. The van der Waals surface area contributed by atoms with E-state index in [9.17, 15) is 13.6 Å². The Labute approximate surface area is 147 Å². The van der Waals surface area contributed by atoms with Gasteiger partial charge >= 0.3 is 5.69 Å². The number of nitrogens with zero attached hydrogens (tertiary/aromatic N) is 3. The average molecular weight is 352 g/mol. The number of H-pyrrole nitrogens is 1. The molecule has 0 aliphatic carbocycles. The van der Waals surface area contributed by atoms with Crippen LogP contribution >= 0.6 is 0 Å². The Bertz CT molecular complexity index is 1180. The zero-order valence-electron chi connectivity index (χ0n) is 13.8. The van der Waals surface area contributed by atoms with Gasteiger partial charge in [0.25, 0.3) is 0 Å². The predicted octanol–water partition coefficient (Wildman–Crippen LogP) is 3.42. The van der Waals surface area contributed by atoms with Gasteiger partial charge in [-0.05, 0) is 47.9 Å². The molecule has 0 aliphatic rings. The van der Waals surface area contributed by atoms with E-state index in [1.807, 2.05) is 0 Å². The lowest BCUT2D eigenvalue weighted by atomic mass is 10.0. The maximum Gasteiger partial charge on any atom is 0.327 e. The maximum atomic E-state index is 13.5. The molecule has 3 aromatic heterocycles. The minimum atomic E-state index is -0.462. The van der Waals surface area contributed by atoms with Crippen molar-refractivity contribution < 1.29 is 8.78 Å². The second-order valence-corrected chi connectivity index (χ2v) is 6.08. The van der Waals surface area contributed by atoms with Crippen molar-refractivity contribution in [3.05, 3.63) is 82.2 Å². The molecule has 130 valence electrons. The van der Waals surface area contributed by atoms with Crippen molar-refractivity contribution in [2.75, 3.05) is 0 Å².